The molecule has 1 aliphatic heterocycles. The minimum Gasteiger partial charge on any atom is -0.768 e. The fraction of sp³-hybridized carbons (Fsp3) is 0.258. The maximum absolute atomic E-state index is 15.8. The Bertz CT molecular complexity index is 1790. The van der Waals surface area contributed by atoms with Crippen molar-refractivity contribution in [2.75, 3.05) is 44.2 Å². The van der Waals surface area contributed by atoms with Gasteiger partial charge in [0.25, 0.3) is 0 Å². The Balaban J connectivity index is 1.59. The van der Waals surface area contributed by atoms with Crippen LogP contribution in [0.1, 0.15) is 36.1 Å². The number of benzene rings is 3. The standard InChI is InChI=1S/C31H32FN5O7S/c1-42-25-15-21(23(32)16-26(25)43-2)28(35-18-6-8-20-17(13-18)10-11-34-29(20)33)30(38)37-12-4-5-24(37)22-14-19(36-31(39)44-3)7-9-27(22)45(40)41/h6-11,13-16,24,28,35H,4-5,12H2,1-3H3,(H2,33,34)(H,36,39)(H,40,41)/p-1/t24-,28-/m1/s1. The number of fused-ring (bicyclic) bond motifs is 1. The number of likely N-dealkylation sites (tertiary alicyclic amines) is 1. The van der Waals surface area contributed by atoms with Crippen LogP contribution in [-0.2, 0) is 20.6 Å². The van der Waals surface area contributed by atoms with Gasteiger partial charge in [-0.15, -0.1) is 0 Å². The van der Waals surface area contributed by atoms with Crippen LogP contribution in [0.25, 0.3) is 10.8 Å². The van der Waals surface area contributed by atoms with Crippen molar-refractivity contribution in [3.8, 4) is 11.5 Å². The summed E-state index contributed by atoms with van der Waals surface area (Å²) in [5.74, 6) is -0.515. The van der Waals surface area contributed by atoms with Gasteiger partial charge in [0.15, 0.2) is 11.5 Å². The lowest BCUT2D eigenvalue weighted by molar-refractivity contribution is -0.133. The molecule has 1 aromatic heterocycles. The van der Waals surface area contributed by atoms with E-state index in [1.54, 1.807) is 30.5 Å². The number of methoxy groups -OCH3 is 3. The lowest BCUT2D eigenvalue weighted by atomic mass is 10.00. The first kappa shape index (κ1) is 31.5. The van der Waals surface area contributed by atoms with E-state index in [1.165, 1.54) is 50.5 Å². The van der Waals surface area contributed by atoms with E-state index >= 15 is 4.39 Å². The summed E-state index contributed by atoms with van der Waals surface area (Å²) in [6.07, 6.45) is 1.81. The van der Waals surface area contributed by atoms with Gasteiger partial charge in [0, 0.05) is 46.0 Å². The molecule has 0 saturated carbocycles. The number of aromatic nitrogens is 1. The molecule has 5 rings (SSSR count). The third-order valence-electron chi connectivity index (χ3n) is 7.68. The molecule has 12 nitrogen and oxygen atoms in total. The van der Waals surface area contributed by atoms with E-state index < -0.39 is 41.0 Å². The molecule has 3 aromatic carbocycles. The Labute approximate surface area is 260 Å². The van der Waals surface area contributed by atoms with Gasteiger partial charge in [-0.3, -0.25) is 14.3 Å². The number of carbonyl (C=O) groups excluding carboxylic acids is 2. The molecule has 2 amide bonds. The summed E-state index contributed by atoms with van der Waals surface area (Å²) in [5.41, 5.74) is 7.11. The fourth-order valence-corrected chi connectivity index (χ4v) is 6.11. The SMILES string of the molecule is COC(=O)Nc1ccc(S(=O)[O-])c([C@H]2CCCN2C(=O)[C@H](Nc2ccc3c(N)nccc3c2)c2cc(OC)c(OC)cc2F)c1. The van der Waals surface area contributed by atoms with E-state index in [0.29, 0.717) is 35.3 Å². The van der Waals surface area contributed by atoms with Crippen molar-refractivity contribution in [1.82, 2.24) is 9.88 Å². The molecule has 1 saturated heterocycles. The number of nitrogen functional groups attached to an aromatic ring is 1. The molecule has 236 valence electrons. The van der Waals surface area contributed by atoms with Crippen LogP contribution in [0.15, 0.2) is 65.7 Å². The molecular weight excluding hydrogens is 605 g/mol. The Morgan fingerprint density at radius 2 is 1.80 bits per heavy atom. The minimum atomic E-state index is -2.65. The van der Waals surface area contributed by atoms with Crippen LogP contribution in [0.2, 0.25) is 0 Å². The first-order valence-corrected chi connectivity index (χ1v) is 14.9. The molecule has 0 aliphatic carbocycles. The third-order valence-corrected chi connectivity index (χ3v) is 8.41. The molecular formula is C31H31FN5O7S-. The van der Waals surface area contributed by atoms with E-state index in [9.17, 15) is 18.4 Å². The third kappa shape index (κ3) is 6.47. The molecule has 45 heavy (non-hydrogen) atoms. The van der Waals surface area contributed by atoms with Crippen molar-refractivity contribution in [1.29, 1.82) is 0 Å². The highest BCUT2D eigenvalue weighted by Gasteiger charge is 2.37. The highest BCUT2D eigenvalue weighted by molar-refractivity contribution is 7.79. The normalized spacial score (nSPS) is 15.8. The summed E-state index contributed by atoms with van der Waals surface area (Å²) in [5, 5.41) is 7.18. The monoisotopic (exact) mass is 636 g/mol. The number of amides is 2. The first-order valence-electron chi connectivity index (χ1n) is 13.9. The Hall–Kier alpha value is -4.95. The first-order chi connectivity index (χ1) is 21.6. The zero-order valence-electron chi connectivity index (χ0n) is 24.7. The quantitative estimate of drug-likeness (QED) is 0.215. The molecule has 2 heterocycles. The van der Waals surface area contributed by atoms with Gasteiger partial charge in [-0.25, -0.2) is 14.2 Å². The van der Waals surface area contributed by atoms with Crippen LogP contribution in [0, 0.1) is 5.82 Å². The van der Waals surface area contributed by atoms with Crippen molar-refractivity contribution in [3.63, 3.8) is 0 Å². The molecule has 3 atom stereocenters. The number of nitrogens with zero attached hydrogens (tertiary/aromatic N) is 2. The zero-order valence-corrected chi connectivity index (χ0v) is 25.5. The number of rotatable bonds is 9. The van der Waals surface area contributed by atoms with Crippen molar-refractivity contribution < 1.29 is 37.0 Å². The van der Waals surface area contributed by atoms with Crippen molar-refractivity contribution >= 4 is 51.0 Å². The summed E-state index contributed by atoms with van der Waals surface area (Å²) >= 11 is -2.65. The number of nitrogens with two attached hydrogens (primary N) is 1. The van der Waals surface area contributed by atoms with Crippen LogP contribution in [0.3, 0.4) is 0 Å². The second-order valence-electron chi connectivity index (χ2n) is 10.2. The van der Waals surface area contributed by atoms with Gasteiger partial charge in [0.05, 0.1) is 27.4 Å². The number of halogens is 1. The number of nitrogens with one attached hydrogen (secondary N) is 2. The molecule has 0 spiro atoms. The summed E-state index contributed by atoms with van der Waals surface area (Å²) in [6.45, 7) is 0.274. The highest BCUT2D eigenvalue weighted by atomic mass is 32.2. The maximum atomic E-state index is 15.8. The minimum absolute atomic E-state index is 0.00799. The molecule has 1 fully saturated rings. The second-order valence-corrected chi connectivity index (χ2v) is 11.1. The molecule has 1 unspecified atom stereocenters. The Morgan fingerprint density at radius 1 is 1.07 bits per heavy atom. The molecule has 4 N–H and O–H groups in total. The largest absolute Gasteiger partial charge is 0.768 e. The lowest BCUT2D eigenvalue weighted by Crippen LogP contribution is -2.38. The summed E-state index contributed by atoms with van der Waals surface area (Å²) < 4.78 is 55.5. The summed E-state index contributed by atoms with van der Waals surface area (Å²) in [7, 11) is 3.99. The number of hydrogen-bond donors (Lipinski definition) is 3. The van der Waals surface area contributed by atoms with E-state index in [-0.39, 0.29) is 34.2 Å². The highest BCUT2D eigenvalue weighted by Crippen LogP contribution is 2.40. The summed E-state index contributed by atoms with van der Waals surface area (Å²) in [4.78, 5) is 32.0. The molecule has 14 heteroatoms. The summed E-state index contributed by atoms with van der Waals surface area (Å²) in [6, 6.07) is 11.9. The number of pyridine rings is 1. The number of carbonyl (C=O) groups is 2. The van der Waals surface area contributed by atoms with Crippen LogP contribution >= 0.6 is 0 Å². The smallest absolute Gasteiger partial charge is 0.411 e. The maximum Gasteiger partial charge on any atom is 0.411 e. The van der Waals surface area contributed by atoms with Crippen molar-refractivity contribution in [2.24, 2.45) is 0 Å². The molecule has 0 radical (unpaired) electrons. The lowest BCUT2D eigenvalue weighted by Gasteiger charge is -2.32. The predicted molar refractivity (Wildman–Crippen MR) is 165 cm³/mol. The van der Waals surface area contributed by atoms with Gasteiger partial charge >= 0.3 is 6.09 Å². The second kappa shape index (κ2) is 13.4. The van der Waals surface area contributed by atoms with Gasteiger partial charge in [-0.1, -0.05) is 0 Å². The van der Waals surface area contributed by atoms with Crippen LogP contribution < -0.4 is 25.8 Å². The average Bonchev–Trinajstić information content (AvgIpc) is 3.53. The molecule has 0 bridgehead atoms. The van der Waals surface area contributed by atoms with Gasteiger partial charge < -0.3 is 34.7 Å². The van der Waals surface area contributed by atoms with E-state index in [0.717, 1.165) is 11.5 Å². The van der Waals surface area contributed by atoms with Crippen LogP contribution in [-0.4, -0.2) is 58.5 Å². The van der Waals surface area contributed by atoms with E-state index in [1.807, 2.05) is 0 Å². The topological polar surface area (TPSA) is 168 Å². The van der Waals surface area contributed by atoms with Gasteiger partial charge in [-0.05, 0) is 83.4 Å². The van der Waals surface area contributed by atoms with Crippen LogP contribution in [0.5, 0.6) is 11.5 Å². The number of hydrogen-bond acceptors (Lipinski definition) is 10. The van der Waals surface area contributed by atoms with Gasteiger partial charge in [0.2, 0.25) is 5.91 Å². The van der Waals surface area contributed by atoms with Gasteiger partial charge in [-0.2, -0.15) is 0 Å². The van der Waals surface area contributed by atoms with Crippen molar-refractivity contribution in [3.05, 3.63) is 77.7 Å². The van der Waals surface area contributed by atoms with Crippen molar-refractivity contribution in [2.45, 2.75) is 29.8 Å². The van der Waals surface area contributed by atoms with Gasteiger partial charge in [0.1, 0.15) is 17.7 Å². The number of anilines is 3. The zero-order chi connectivity index (χ0) is 32.2. The predicted octanol–water partition coefficient (Wildman–Crippen LogP) is 4.91. The van der Waals surface area contributed by atoms with Crippen LogP contribution in [0.4, 0.5) is 26.4 Å². The van der Waals surface area contributed by atoms with E-state index in [4.69, 9.17) is 15.2 Å². The molecule has 4 aromatic rings. The van der Waals surface area contributed by atoms with E-state index in [2.05, 4.69) is 20.4 Å². The Morgan fingerprint density at radius 3 is 2.51 bits per heavy atom. The Kier molecular flexibility index (Phi) is 9.34. The fourth-order valence-electron chi connectivity index (χ4n) is 5.55. The average molecular weight is 637 g/mol. The number of ether oxygens (including phenoxy) is 3. The molecule has 1 aliphatic rings.